The molecule has 0 N–H and O–H groups in total. The summed E-state index contributed by atoms with van der Waals surface area (Å²) in [5.41, 5.74) is 4.09. The third-order valence-corrected chi connectivity index (χ3v) is 3.93. The first-order valence-corrected chi connectivity index (χ1v) is 9.01. The van der Waals surface area contributed by atoms with E-state index in [1.54, 1.807) is 0 Å². The van der Waals surface area contributed by atoms with Crippen LogP contribution in [-0.4, -0.2) is 18.2 Å². The molecule has 0 atom stereocenters. The SMILES string of the molecule is CCCCC(C=Nc1ccccc1CCCC=O)=Nc1ccccc1.[Ni]. The maximum atomic E-state index is 10.5. The summed E-state index contributed by atoms with van der Waals surface area (Å²) in [6.07, 6.45) is 8.33. The van der Waals surface area contributed by atoms with E-state index in [1.807, 2.05) is 54.7 Å². The molecule has 0 amide bonds. The molecule has 2 rings (SSSR count). The summed E-state index contributed by atoms with van der Waals surface area (Å²) in [5.74, 6) is 0. The van der Waals surface area contributed by atoms with Crippen LogP contribution in [0.5, 0.6) is 0 Å². The van der Waals surface area contributed by atoms with Crippen molar-refractivity contribution in [3.63, 3.8) is 0 Å². The molecule has 26 heavy (non-hydrogen) atoms. The van der Waals surface area contributed by atoms with Crippen molar-refractivity contribution in [1.29, 1.82) is 0 Å². The van der Waals surface area contributed by atoms with Crippen LogP contribution in [-0.2, 0) is 27.7 Å². The van der Waals surface area contributed by atoms with E-state index in [9.17, 15) is 4.79 Å². The van der Waals surface area contributed by atoms with Crippen LogP contribution in [0.2, 0.25) is 0 Å². The Labute approximate surface area is 166 Å². The number of nitrogens with zero attached hydrogens (tertiary/aromatic N) is 2. The first-order valence-electron chi connectivity index (χ1n) is 9.01. The van der Waals surface area contributed by atoms with Gasteiger partial charge in [-0.3, -0.25) is 9.98 Å². The molecular weight excluding hydrogens is 367 g/mol. The first-order chi connectivity index (χ1) is 12.3. The Kier molecular flexibility index (Phi) is 11.2. The van der Waals surface area contributed by atoms with E-state index < -0.39 is 0 Å². The van der Waals surface area contributed by atoms with Crippen molar-refractivity contribution in [2.45, 2.75) is 45.4 Å². The Hall–Kier alpha value is -2.06. The van der Waals surface area contributed by atoms with Gasteiger partial charge in [0, 0.05) is 29.1 Å². The van der Waals surface area contributed by atoms with Crippen LogP contribution >= 0.6 is 0 Å². The van der Waals surface area contributed by atoms with Gasteiger partial charge < -0.3 is 4.79 Å². The summed E-state index contributed by atoms with van der Waals surface area (Å²) >= 11 is 0. The largest absolute Gasteiger partial charge is 0.303 e. The molecule has 3 nitrogen and oxygen atoms in total. The molecule has 0 aliphatic carbocycles. The van der Waals surface area contributed by atoms with Crippen LogP contribution in [0.1, 0.15) is 44.6 Å². The molecule has 0 radical (unpaired) electrons. The summed E-state index contributed by atoms with van der Waals surface area (Å²) in [6.45, 7) is 2.18. The quantitative estimate of drug-likeness (QED) is 0.215. The van der Waals surface area contributed by atoms with Crippen LogP contribution in [0, 0.1) is 0 Å². The van der Waals surface area contributed by atoms with Crippen LogP contribution in [0.3, 0.4) is 0 Å². The fourth-order valence-corrected chi connectivity index (χ4v) is 2.54. The van der Waals surface area contributed by atoms with Crippen molar-refractivity contribution in [3.8, 4) is 0 Å². The summed E-state index contributed by atoms with van der Waals surface area (Å²) in [6, 6.07) is 18.1. The van der Waals surface area contributed by atoms with E-state index in [0.29, 0.717) is 6.42 Å². The molecule has 0 aliphatic heterocycles. The minimum absolute atomic E-state index is 0. The number of para-hydroxylation sites is 2. The zero-order valence-electron chi connectivity index (χ0n) is 15.2. The third kappa shape index (κ3) is 7.88. The number of carbonyl (C=O) groups is 1. The Morgan fingerprint density at radius 3 is 2.46 bits per heavy atom. The van der Waals surface area contributed by atoms with Crippen molar-refractivity contribution in [2.24, 2.45) is 9.98 Å². The number of hydrogen-bond acceptors (Lipinski definition) is 3. The summed E-state index contributed by atoms with van der Waals surface area (Å²) in [5, 5.41) is 0. The molecule has 0 aromatic heterocycles. The predicted octanol–water partition coefficient (Wildman–Crippen LogP) is 5.87. The molecule has 0 spiro atoms. The number of benzene rings is 2. The van der Waals surface area contributed by atoms with Crippen molar-refractivity contribution < 1.29 is 21.3 Å². The Morgan fingerprint density at radius 1 is 1.00 bits per heavy atom. The molecule has 2 aromatic rings. The van der Waals surface area contributed by atoms with Gasteiger partial charge in [0.1, 0.15) is 6.29 Å². The monoisotopic (exact) mass is 392 g/mol. The Bertz CT molecular complexity index is 711. The second-order valence-corrected chi connectivity index (χ2v) is 5.99. The van der Waals surface area contributed by atoms with Crippen LogP contribution in [0.15, 0.2) is 64.6 Å². The molecule has 140 valence electrons. The van der Waals surface area contributed by atoms with Gasteiger partial charge in [-0.05, 0) is 49.4 Å². The standard InChI is InChI=1S/C22H26N2O.Ni/c1-2-3-13-21(24-20-14-5-4-6-15-20)18-23-22-16-8-7-11-19(22)12-9-10-17-25;/h4-8,11,14-18H,2-3,9-10,12-13H2,1H3;. The van der Waals surface area contributed by atoms with Crippen LogP contribution < -0.4 is 0 Å². The Morgan fingerprint density at radius 2 is 1.73 bits per heavy atom. The van der Waals surface area contributed by atoms with Crippen molar-refractivity contribution in [1.82, 2.24) is 0 Å². The predicted molar refractivity (Wildman–Crippen MR) is 107 cm³/mol. The summed E-state index contributed by atoms with van der Waals surface area (Å²) in [7, 11) is 0. The molecule has 0 saturated carbocycles. The van der Waals surface area contributed by atoms with Gasteiger partial charge in [-0.15, -0.1) is 0 Å². The maximum Gasteiger partial charge on any atom is 0.120 e. The Balaban J connectivity index is 0.00000338. The summed E-state index contributed by atoms with van der Waals surface area (Å²) in [4.78, 5) is 20.0. The molecule has 0 saturated heterocycles. The van der Waals surface area contributed by atoms with Crippen molar-refractivity contribution in [3.05, 3.63) is 60.2 Å². The fourth-order valence-electron chi connectivity index (χ4n) is 2.54. The molecule has 4 heteroatoms. The number of aldehydes is 1. The van der Waals surface area contributed by atoms with Gasteiger partial charge in [-0.25, -0.2) is 0 Å². The van der Waals surface area contributed by atoms with Gasteiger partial charge in [-0.2, -0.15) is 0 Å². The average molecular weight is 393 g/mol. The number of aryl methyl sites for hydroxylation is 1. The second-order valence-electron chi connectivity index (χ2n) is 5.99. The van der Waals surface area contributed by atoms with E-state index in [1.165, 1.54) is 5.56 Å². The minimum atomic E-state index is 0. The number of unbranched alkanes of at least 4 members (excludes halogenated alkanes) is 2. The molecule has 0 aliphatic rings. The topological polar surface area (TPSA) is 41.8 Å². The van der Waals surface area contributed by atoms with Gasteiger partial charge in [-0.1, -0.05) is 49.7 Å². The van der Waals surface area contributed by atoms with E-state index in [4.69, 9.17) is 9.98 Å². The summed E-state index contributed by atoms with van der Waals surface area (Å²) < 4.78 is 0. The van der Waals surface area contributed by atoms with Crippen molar-refractivity contribution >= 4 is 29.6 Å². The van der Waals surface area contributed by atoms with E-state index in [-0.39, 0.29) is 16.5 Å². The first kappa shape index (κ1) is 22.0. The molecule has 0 bridgehead atoms. The fraction of sp³-hybridized carbons (Fsp3) is 0.318. The van der Waals surface area contributed by atoms with Gasteiger partial charge in [0.25, 0.3) is 0 Å². The number of rotatable bonds is 10. The van der Waals surface area contributed by atoms with Gasteiger partial charge in [0.2, 0.25) is 0 Å². The maximum absolute atomic E-state index is 10.5. The molecule has 0 fully saturated rings. The average Bonchev–Trinajstić information content (AvgIpc) is 2.66. The van der Waals surface area contributed by atoms with Crippen molar-refractivity contribution in [2.75, 3.05) is 0 Å². The van der Waals surface area contributed by atoms with Crippen LogP contribution in [0.25, 0.3) is 0 Å². The normalized spacial score (nSPS) is 11.3. The van der Waals surface area contributed by atoms with E-state index in [0.717, 1.165) is 55.5 Å². The zero-order chi connectivity index (χ0) is 17.7. The van der Waals surface area contributed by atoms with Gasteiger partial charge in [0.15, 0.2) is 0 Å². The minimum Gasteiger partial charge on any atom is -0.303 e. The number of hydrogen-bond donors (Lipinski definition) is 0. The van der Waals surface area contributed by atoms with E-state index in [2.05, 4.69) is 13.0 Å². The van der Waals surface area contributed by atoms with Crippen LogP contribution in [0.4, 0.5) is 11.4 Å². The molecule has 0 unspecified atom stereocenters. The van der Waals surface area contributed by atoms with E-state index >= 15 is 0 Å². The third-order valence-electron chi connectivity index (χ3n) is 3.93. The molecule has 0 heterocycles. The van der Waals surface area contributed by atoms with Gasteiger partial charge in [0.05, 0.1) is 17.1 Å². The number of carbonyl (C=O) groups excluding carboxylic acids is 1. The van der Waals surface area contributed by atoms with Gasteiger partial charge >= 0.3 is 0 Å². The second kappa shape index (κ2) is 13.2. The smallest absolute Gasteiger partial charge is 0.120 e. The molecule has 2 aromatic carbocycles. The number of aliphatic imine (C=N–C) groups is 2. The molecular formula is C22H26N2NiO. The zero-order valence-corrected chi connectivity index (χ0v) is 16.2.